The zero-order valence-electron chi connectivity index (χ0n) is 18.8. The molecule has 1 aliphatic rings. The lowest BCUT2D eigenvalue weighted by Gasteiger charge is -2.26. The van der Waals surface area contributed by atoms with Crippen molar-refractivity contribution in [3.63, 3.8) is 0 Å². The van der Waals surface area contributed by atoms with Crippen molar-refractivity contribution in [1.29, 1.82) is 0 Å². The molecular weight excluding hydrogens is 505 g/mol. The topological polar surface area (TPSA) is 120 Å². The minimum atomic E-state index is -0.392. The van der Waals surface area contributed by atoms with E-state index >= 15 is 0 Å². The summed E-state index contributed by atoms with van der Waals surface area (Å²) in [5, 5.41) is 21.3. The highest BCUT2D eigenvalue weighted by Gasteiger charge is 2.29. The third kappa shape index (κ3) is 4.59. The third-order valence-electron chi connectivity index (χ3n) is 6.25. The van der Waals surface area contributed by atoms with E-state index in [1.807, 2.05) is 12.1 Å². The van der Waals surface area contributed by atoms with Crippen molar-refractivity contribution < 1.29 is 18.0 Å². The maximum atomic E-state index is 12.6. The molecule has 1 aliphatic carbocycles. The van der Waals surface area contributed by atoms with E-state index in [2.05, 4.69) is 25.7 Å². The number of amides is 1. The Hall–Kier alpha value is -3.69. The number of nitrogens with zero attached hydrogens (tertiary/aromatic N) is 4. The van der Waals surface area contributed by atoms with Crippen LogP contribution in [-0.2, 0) is 0 Å². The normalized spacial score (nSPS) is 17.9. The van der Waals surface area contributed by atoms with E-state index in [0.717, 1.165) is 31.1 Å². The zero-order valence-corrected chi connectivity index (χ0v) is 20.3. The Morgan fingerprint density at radius 1 is 0.806 bits per heavy atom. The van der Waals surface area contributed by atoms with Crippen LogP contribution in [0.4, 0.5) is 0 Å². The molecule has 5 aromatic rings. The Kier molecular flexibility index (Phi) is 5.94. The molecule has 1 N–H and O–H groups in total. The number of aromatic nitrogens is 4. The van der Waals surface area contributed by atoms with E-state index in [1.165, 1.54) is 0 Å². The Balaban J connectivity index is 1.06. The smallest absolute Gasteiger partial charge is 0.309 e. The Morgan fingerprint density at radius 2 is 1.56 bits per heavy atom. The van der Waals surface area contributed by atoms with Gasteiger partial charge in [-0.15, -0.1) is 20.4 Å². The fourth-order valence-corrected chi connectivity index (χ4v) is 4.68. The summed E-state index contributed by atoms with van der Waals surface area (Å²) >= 11 is 12.0. The summed E-state index contributed by atoms with van der Waals surface area (Å²) in [4.78, 5) is 12.6. The molecule has 2 aromatic carbocycles. The van der Waals surface area contributed by atoms with E-state index in [4.69, 9.17) is 36.5 Å². The summed E-state index contributed by atoms with van der Waals surface area (Å²) in [6.45, 7) is 0. The number of halogens is 2. The number of fused-ring (bicyclic) bond motifs is 1. The molecule has 1 fully saturated rings. The van der Waals surface area contributed by atoms with Crippen LogP contribution in [0.5, 0.6) is 0 Å². The van der Waals surface area contributed by atoms with Crippen LogP contribution in [-0.4, -0.2) is 32.3 Å². The molecule has 1 saturated carbocycles. The number of furan rings is 1. The van der Waals surface area contributed by atoms with Gasteiger partial charge in [0.05, 0.1) is 0 Å². The number of hydrogen-bond acceptors (Lipinski definition) is 8. The predicted molar refractivity (Wildman–Crippen MR) is 132 cm³/mol. The molecule has 182 valence electrons. The lowest BCUT2D eigenvalue weighted by atomic mass is 9.86. The maximum Gasteiger partial charge on any atom is 0.309 e. The largest absolute Gasteiger partial charge is 0.451 e. The third-order valence-corrected chi connectivity index (χ3v) is 6.74. The molecule has 36 heavy (non-hydrogen) atoms. The molecule has 0 unspecified atom stereocenters. The Morgan fingerprint density at radius 3 is 2.36 bits per heavy atom. The standard InChI is InChI=1S/C25H19Cl2N5O4/c26-16-5-1-13(2-6-16)23-30-32-25(36-23)21(33)28-18-8-3-14(4-9-18)22-29-31-24(35-22)20-12-15-11-17(27)7-10-19(15)34-20/h1-2,5-7,10-12,14,18H,3-4,8-9H2,(H,28,33)/t14-,18-. The second-order valence-electron chi connectivity index (χ2n) is 8.68. The Labute approximate surface area is 214 Å². The molecule has 0 atom stereocenters. The van der Waals surface area contributed by atoms with Gasteiger partial charge in [-0.3, -0.25) is 4.79 Å². The van der Waals surface area contributed by atoms with Gasteiger partial charge in [-0.25, -0.2) is 0 Å². The predicted octanol–water partition coefficient (Wildman–Crippen LogP) is 6.30. The van der Waals surface area contributed by atoms with Crippen molar-refractivity contribution in [3.05, 3.63) is 70.4 Å². The Bertz CT molecular complexity index is 1530. The number of carbonyl (C=O) groups excluding carboxylic acids is 1. The van der Waals surface area contributed by atoms with E-state index in [-0.39, 0.29) is 23.7 Å². The van der Waals surface area contributed by atoms with Crippen molar-refractivity contribution in [2.45, 2.75) is 37.6 Å². The average molecular weight is 524 g/mol. The molecule has 0 bridgehead atoms. The molecule has 11 heteroatoms. The van der Waals surface area contributed by atoms with E-state index in [9.17, 15) is 4.79 Å². The maximum absolute atomic E-state index is 12.6. The summed E-state index contributed by atoms with van der Waals surface area (Å²) in [7, 11) is 0. The van der Waals surface area contributed by atoms with E-state index in [0.29, 0.717) is 38.7 Å². The van der Waals surface area contributed by atoms with Gasteiger partial charge >= 0.3 is 11.8 Å². The quantitative estimate of drug-likeness (QED) is 0.285. The molecule has 0 radical (unpaired) electrons. The van der Waals surface area contributed by atoms with Crippen LogP contribution in [0.2, 0.25) is 10.0 Å². The van der Waals surface area contributed by atoms with Gasteiger partial charge in [-0.1, -0.05) is 23.2 Å². The molecule has 1 amide bonds. The van der Waals surface area contributed by atoms with Crippen molar-refractivity contribution in [2.75, 3.05) is 0 Å². The first-order valence-electron chi connectivity index (χ1n) is 11.4. The summed E-state index contributed by atoms with van der Waals surface area (Å²) in [6.07, 6.45) is 3.11. The van der Waals surface area contributed by atoms with E-state index < -0.39 is 5.91 Å². The van der Waals surface area contributed by atoms with E-state index in [1.54, 1.807) is 36.4 Å². The first-order chi connectivity index (χ1) is 17.5. The van der Waals surface area contributed by atoms with Crippen LogP contribution in [0.3, 0.4) is 0 Å². The highest BCUT2D eigenvalue weighted by Crippen LogP contribution is 2.35. The monoisotopic (exact) mass is 523 g/mol. The summed E-state index contributed by atoms with van der Waals surface area (Å²) < 4.78 is 17.3. The fourth-order valence-electron chi connectivity index (χ4n) is 4.37. The van der Waals surface area contributed by atoms with Crippen LogP contribution in [0, 0.1) is 0 Å². The minimum Gasteiger partial charge on any atom is -0.451 e. The number of benzene rings is 2. The molecular formula is C25H19Cl2N5O4. The molecule has 0 spiro atoms. The van der Waals surface area contributed by atoms with Crippen molar-refractivity contribution in [1.82, 2.24) is 25.7 Å². The van der Waals surface area contributed by atoms with Gasteiger partial charge in [-0.2, -0.15) is 0 Å². The molecule has 9 nitrogen and oxygen atoms in total. The summed E-state index contributed by atoms with van der Waals surface area (Å²) in [5.41, 5.74) is 1.39. The highest BCUT2D eigenvalue weighted by atomic mass is 35.5. The number of hydrogen-bond donors (Lipinski definition) is 1. The fraction of sp³-hybridized carbons (Fsp3) is 0.240. The van der Waals surface area contributed by atoms with Gasteiger partial charge < -0.3 is 18.6 Å². The molecule has 0 saturated heterocycles. The molecule has 6 rings (SSSR count). The molecule has 3 heterocycles. The average Bonchev–Trinajstić information content (AvgIpc) is 3.64. The van der Waals surface area contributed by atoms with Crippen molar-refractivity contribution in [2.24, 2.45) is 0 Å². The summed E-state index contributed by atoms with van der Waals surface area (Å²) in [6, 6.07) is 14.2. The van der Waals surface area contributed by atoms with Crippen molar-refractivity contribution in [3.8, 4) is 23.1 Å². The van der Waals surface area contributed by atoms with Gasteiger partial charge in [0.1, 0.15) is 5.58 Å². The van der Waals surface area contributed by atoms with Crippen LogP contribution < -0.4 is 5.32 Å². The van der Waals surface area contributed by atoms with Gasteiger partial charge in [0.25, 0.3) is 5.89 Å². The van der Waals surface area contributed by atoms with Gasteiger partial charge in [0.15, 0.2) is 5.76 Å². The van der Waals surface area contributed by atoms with Crippen LogP contribution in [0.1, 0.15) is 48.2 Å². The number of nitrogens with one attached hydrogen (secondary N) is 1. The lowest BCUT2D eigenvalue weighted by Crippen LogP contribution is -2.37. The lowest BCUT2D eigenvalue weighted by molar-refractivity contribution is 0.0890. The minimum absolute atomic E-state index is 0.0119. The van der Waals surface area contributed by atoms with Gasteiger partial charge in [-0.05, 0) is 74.2 Å². The first kappa shape index (κ1) is 22.8. The number of carbonyl (C=O) groups is 1. The van der Waals surface area contributed by atoms with Gasteiger partial charge in [0, 0.05) is 33.0 Å². The van der Waals surface area contributed by atoms with Gasteiger partial charge in [0.2, 0.25) is 11.8 Å². The number of rotatable bonds is 5. The van der Waals surface area contributed by atoms with Crippen LogP contribution in [0.15, 0.2) is 61.8 Å². The summed E-state index contributed by atoms with van der Waals surface area (Å²) in [5.74, 6) is 1.31. The van der Waals surface area contributed by atoms with Crippen LogP contribution in [0.25, 0.3) is 34.1 Å². The molecule has 0 aliphatic heterocycles. The second kappa shape index (κ2) is 9.40. The first-order valence-corrected chi connectivity index (χ1v) is 12.2. The van der Waals surface area contributed by atoms with Crippen molar-refractivity contribution >= 4 is 40.1 Å². The zero-order chi connectivity index (χ0) is 24.6. The highest BCUT2D eigenvalue weighted by molar-refractivity contribution is 6.31. The SMILES string of the molecule is O=C(N[C@H]1CC[C@H](c2nnc(-c3cc4cc(Cl)ccc4o3)o2)CC1)c1nnc(-c2ccc(Cl)cc2)o1. The van der Waals surface area contributed by atoms with Crippen LogP contribution >= 0.6 is 23.2 Å². The molecule has 3 aromatic heterocycles. The second-order valence-corrected chi connectivity index (χ2v) is 9.55.